The topological polar surface area (TPSA) is 50.8 Å². The van der Waals surface area contributed by atoms with Gasteiger partial charge in [-0.25, -0.2) is 0 Å². The van der Waals surface area contributed by atoms with Crippen molar-refractivity contribution in [3.63, 3.8) is 0 Å². The summed E-state index contributed by atoms with van der Waals surface area (Å²) in [4.78, 5) is 13.9. The Morgan fingerprint density at radius 1 is 1.36 bits per heavy atom. The maximum Gasteiger partial charge on any atom is 0.237 e. The number of amides is 1. The van der Waals surface area contributed by atoms with Crippen molar-refractivity contribution in [3.05, 3.63) is 36.4 Å². The number of methoxy groups -OCH3 is 2. The van der Waals surface area contributed by atoms with Crippen LogP contribution in [-0.4, -0.2) is 51.2 Å². The van der Waals surface area contributed by atoms with Gasteiger partial charge in [0.25, 0.3) is 0 Å². The summed E-state index contributed by atoms with van der Waals surface area (Å²) < 4.78 is 10.5. The monoisotopic (exact) mass is 306 g/mol. The third kappa shape index (κ3) is 5.07. The van der Waals surface area contributed by atoms with Gasteiger partial charge in [-0.3, -0.25) is 9.69 Å². The van der Waals surface area contributed by atoms with Gasteiger partial charge in [-0.15, -0.1) is 6.58 Å². The molecule has 0 radical (unpaired) electrons. The summed E-state index contributed by atoms with van der Waals surface area (Å²) in [5.41, 5.74) is 1.14. The van der Waals surface area contributed by atoms with Crippen LogP contribution in [0.25, 0.3) is 0 Å². The van der Waals surface area contributed by atoms with Gasteiger partial charge in [-0.1, -0.05) is 12.1 Å². The Balaban J connectivity index is 2.58. The first kappa shape index (κ1) is 18.0. The molecule has 1 rings (SSSR count). The van der Waals surface area contributed by atoms with Crippen molar-refractivity contribution < 1.29 is 14.3 Å². The highest BCUT2D eigenvalue weighted by molar-refractivity contribution is 5.81. The lowest BCUT2D eigenvalue weighted by molar-refractivity contribution is -0.125. The summed E-state index contributed by atoms with van der Waals surface area (Å²) in [7, 11) is 5.19. The molecule has 0 aromatic heterocycles. The number of nitrogens with zero attached hydrogens (tertiary/aromatic N) is 1. The molecule has 0 aliphatic carbocycles. The first-order valence-corrected chi connectivity index (χ1v) is 7.33. The first-order valence-electron chi connectivity index (χ1n) is 7.33. The van der Waals surface area contributed by atoms with Gasteiger partial charge < -0.3 is 14.8 Å². The zero-order valence-electron chi connectivity index (χ0n) is 13.9. The Bertz CT molecular complexity index is 503. The zero-order valence-corrected chi connectivity index (χ0v) is 13.9. The average Bonchev–Trinajstić information content (AvgIpc) is 2.56. The van der Waals surface area contributed by atoms with Gasteiger partial charge in [0, 0.05) is 13.1 Å². The van der Waals surface area contributed by atoms with E-state index in [-0.39, 0.29) is 11.9 Å². The largest absolute Gasteiger partial charge is 0.493 e. The third-order valence-corrected chi connectivity index (χ3v) is 3.66. The molecule has 0 bridgehead atoms. The van der Waals surface area contributed by atoms with Crippen LogP contribution < -0.4 is 14.8 Å². The Labute approximate surface area is 132 Å². The molecule has 1 aromatic rings. The van der Waals surface area contributed by atoms with E-state index in [1.807, 2.05) is 37.1 Å². The van der Waals surface area contributed by atoms with E-state index in [2.05, 4.69) is 11.9 Å². The van der Waals surface area contributed by atoms with E-state index in [1.165, 1.54) is 0 Å². The van der Waals surface area contributed by atoms with Crippen LogP contribution in [0.4, 0.5) is 0 Å². The van der Waals surface area contributed by atoms with E-state index < -0.39 is 0 Å². The van der Waals surface area contributed by atoms with Crippen LogP contribution in [0.2, 0.25) is 0 Å². The lowest BCUT2D eigenvalue weighted by atomic mass is 10.1. The summed E-state index contributed by atoms with van der Waals surface area (Å²) in [6.07, 6.45) is 2.50. The van der Waals surface area contributed by atoms with Gasteiger partial charge in [0.1, 0.15) is 0 Å². The molecular weight excluding hydrogens is 280 g/mol. The lowest BCUT2D eigenvalue weighted by Gasteiger charge is -2.23. The van der Waals surface area contributed by atoms with Crippen LogP contribution in [0.1, 0.15) is 12.5 Å². The number of carbonyl (C=O) groups is 1. The molecule has 1 unspecified atom stereocenters. The fraction of sp³-hybridized carbons (Fsp3) is 0.471. The molecule has 0 heterocycles. The standard InChI is InChI=1S/C17H26N2O3/c1-6-10-18-17(20)13(2)19(3)11-9-14-7-8-15(21-4)16(12-14)22-5/h6-8,12-13H,1,9-11H2,2-5H3,(H,18,20). The van der Waals surface area contributed by atoms with Crippen molar-refractivity contribution in [2.75, 3.05) is 34.4 Å². The highest BCUT2D eigenvalue weighted by Gasteiger charge is 2.17. The van der Waals surface area contributed by atoms with Crippen LogP contribution in [0.3, 0.4) is 0 Å². The molecule has 1 N–H and O–H groups in total. The fourth-order valence-electron chi connectivity index (χ4n) is 2.06. The SMILES string of the molecule is C=CCNC(=O)C(C)N(C)CCc1ccc(OC)c(OC)c1. The highest BCUT2D eigenvalue weighted by Crippen LogP contribution is 2.27. The van der Waals surface area contributed by atoms with Crippen molar-refractivity contribution in [1.29, 1.82) is 0 Å². The second-order valence-corrected chi connectivity index (χ2v) is 5.13. The summed E-state index contributed by atoms with van der Waals surface area (Å²) in [6.45, 7) is 6.76. The zero-order chi connectivity index (χ0) is 16.5. The molecule has 0 fully saturated rings. The summed E-state index contributed by atoms with van der Waals surface area (Å²) in [5, 5.41) is 2.81. The van der Waals surface area contributed by atoms with Gasteiger partial charge in [0.05, 0.1) is 20.3 Å². The molecule has 5 nitrogen and oxygen atoms in total. The van der Waals surface area contributed by atoms with Gasteiger partial charge in [0.15, 0.2) is 11.5 Å². The number of hydrogen-bond acceptors (Lipinski definition) is 4. The molecule has 0 saturated heterocycles. The molecule has 1 aromatic carbocycles. The van der Waals surface area contributed by atoms with E-state index in [1.54, 1.807) is 20.3 Å². The summed E-state index contributed by atoms with van der Waals surface area (Å²) in [5.74, 6) is 1.45. The predicted octanol–water partition coefficient (Wildman–Crippen LogP) is 1.87. The van der Waals surface area contributed by atoms with Crippen molar-refractivity contribution >= 4 is 5.91 Å². The first-order chi connectivity index (χ1) is 10.5. The van der Waals surface area contributed by atoms with Crippen molar-refractivity contribution in [1.82, 2.24) is 10.2 Å². The predicted molar refractivity (Wildman–Crippen MR) is 88.5 cm³/mol. The minimum Gasteiger partial charge on any atom is -0.493 e. The Morgan fingerprint density at radius 2 is 2.05 bits per heavy atom. The van der Waals surface area contributed by atoms with Gasteiger partial charge in [0.2, 0.25) is 5.91 Å². The maximum atomic E-state index is 11.9. The highest BCUT2D eigenvalue weighted by atomic mass is 16.5. The third-order valence-electron chi connectivity index (χ3n) is 3.66. The quantitative estimate of drug-likeness (QED) is 0.708. The lowest BCUT2D eigenvalue weighted by Crippen LogP contribution is -2.43. The van der Waals surface area contributed by atoms with Crippen LogP contribution in [-0.2, 0) is 11.2 Å². The van der Waals surface area contributed by atoms with Crippen LogP contribution in [0, 0.1) is 0 Å². The normalized spacial score (nSPS) is 11.9. The van der Waals surface area contributed by atoms with E-state index in [9.17, 15) is 4.79 Å². The van der Waals surface area contributed by atoms with E-state index in [0.717, 1.165) is 30.0 Å². The molecule has 0 saturated carbocycles. The fourth-order valence-corrected chi connectivity index (χ4v) is 2.06. The van der Waals surface area contributed by atoms with Crippen LogP contribution in [0.5, 0.6) is 11.5 Å². The molecule has 5 heteroatoms. The molecule has 1 amide bonds. The summed E-state index contributed by atoms with van der Waals surface area (Å²) in [6, 6.07) is 5.70. The molecule has 0 spiro atoms. The minimum absolute atomic E-state index is 0.00899. The second-order valence-electron chi connectivity index (χ2n) is 5.13. The number of ether oxygens (including phenoxy) is 2. The molecular formula is C17H26N2O3. The van der Waals surface area contributed by atoms with Gasteiger partial charge in [-0.05, 0) is 38.1 Å². The molecule has 0 aliphatic rings. The average molecular weight is 306 g/mol. The van der Waals surface area contributed by atoms with Crippen LogP contribution >= 0.6 is 0 Å². The van der Waals surface area contributed by atoms with Gasteiger partial charge >= 0.3 is 0 Å². The molecule has 122 valence electrons. The second kappa shape index (κ2) is 9.10. The van der Waals surface area contributed by atoms with E-state index >= 15 is 0 Å². The number of benzene rings is 1. The van der Waals surface area contributed by atoms with Crippen molar-refractivity contribution in [2.45, 2.75) is 19.4 Å². The number of carbonyl (C=O) groups excluding carboxylic acids is 1. The number of likely N-dealkylation sites (N-methyl/N-ethyl adjacent to an activating group) is 1. The minimum atomic E-state index is -0.180. The smallest absolute Gasteiger partial charge is 0.237 e. The van der Waals surface area contributed by atoms with E-state index in [4.69, 9.17) is 9.47 Å². The van der Waals surface area contributed by atoms with Gasteiger partial charge in [-0.2, -0.15) is 0 Å². The molecule has 0 aliphatic heterocycles. The van der Waals surface area contributed by atoms with Crippen molar-refractivity contribution in [2.24, 2.45) is 0 Å². The Hall–Kier alpha value is -2.01. The Kier molecular flexibility index (Phi) is 7.46. The number of rotatable bonds is 9. The van der Waals surface area contributed by atoms with Crippen molar-refractivity contribution in [3.8, 4) is 11.5 Å². The summed E-state index contributed by atoms with van der Waals surface area (Å²) >= 11 is 0. The van der Waals surface area contributed by atoms with E-state index in [0.29, 0.717) is 6.54 Å². The molecule has 22 heavy (non-hydrogen) atoms. The molecule has 1 atom stereocenters. The number of nitrogens with one attached hydrogen (secondary N) is 1. The maximum absolute atomic E-state index is 11.9. The van der Waals surface area contributed by atoms with Crippen LogP contribution in [0.15, 0.2) is 30.9 Å². The Morgan fingerprint density at radius 3 is 2.64 bits per heavy atom. The number of hydrogen-bond donors (Lipinski definition) is 1.